The monoisotopic (exact) mass is 406 g/mol. The van der Waals surface area contributed by atoms with E-state index in [-0.39, 0.29) is 27.5 Å². The van der Waals surface area contributed by atoms with E-state index in [1.165, 1.54) is 12.1 Å². The summed E-state index contributed by atoms with van der Waals surface area (Å²) in [6.07, 6.45) is 0. The van der Waals surface area contributed by atoms with E-state index in [1.807, 2.05) is 0 Å². The van der Waals surface area contributed by atoms with Crippen LogP contribution >= 0.6 is 0 Å². The topological polar surface area (TPSA) is 153 Å². The second-order valence-corrected chi connectivity index (χ2v) is 6.35. The fraction of sp³-hybridized carbons (Fsp3) is 0. The van der Waals surface area contributed by atoms with Gasteiger partial charge in [0.05, 0.1) is 21.0 Å². The van der Waals surface area contributed by atoms with E-state index in [2.05, 4.69) is 5.43 Å². The zero-order chi connectivity index (χ0) is 21.6. The second kappa shape index (κ2) is 6.74. The van der Waals surface area contributed by atoms with Gasteiger partial charge < -0.3 is 0 Å². The van der Waals surface area contributed by atoms with Crippen LogP contribution in [0.4, 0.5) is 11.4 Å². The molecular formula is C19H10N4O7. The average Bonchev–Trinajstić information content (AvgIpc) is 2.74. The fourth-order valence-corrected chi connectivity index (χ4v) is 3.22. The number of benzene rings is 3. The Morgan fingerprint density at radius 1 is 0.833 bits per heavy atom. The minimum atomic E-state index is -0.987. The highest BCUT2D eigenvalue weighted by Gasteiger charge is 2.37. The van der Waals surface area contributed by atoms with Crippen LogP contribution in [0.1, 0.15) is 31.1 Å². The van der Waals surface area contributed by atoms with Gasteiger partial charge in [-0.1, -0.05) is 18.2 Å². The van der Waals surface area contributed by atoms with Gasteiger partial charge in [0.25, 0.3) is 29.1 Å². The van der Waals surface area contributed by atoms with Crippen molar-refractivity contribution in [2.24, 2.45) is 0 Å². The van der Waals surface area contributed by atoms with Crippen LogP contribution in [0.2, 0.25) is 0 Å². The van der Waals surface area contributed by atoms with E-state index in [0.717, 1.165) is 24.3 Å². The molecule has 11 heteroatoms. The number of nitro groups is 2. The average molecular weight is 406 g/mol. The number of hydrazine groups is 1. The van der Waals surface area contributed by atoms with Crippen LogP contribution in [-0.4, -0.2) is 32.6 Å². The second-order valence-electron chi connectivity index (χ2n) is 6.35. The van der Waals surface area contributed by atoms with Crippen LogP contribution in [0.5, 0.6) is 0 Å². The molecule has 0 saturated heterocycles. The molecule has 1 N–H and O–H groups in total. The van der Waals surface area contributed by atoms with Crippen molar-refractivity contribution < 1.29 is 24.2 Å². The predicted molar refractivity (Wildman–Crippen MR) is 102 cm³/mol. The number of nitrogens with one attached hydrogen (secondary N) is 1. The maximum Gasteiger partial charge on any atom is 0.280 e. The minimum absolute atomic E-state index is 0.000800. The summed E-state index contributed by atoms with van der Waals surface area (Å²) in [7, 11) is 0. The van der Waals surface area contributed by atoms with E-state index in [9.17, 15) is 34.6 Å². The highest BCUT2D eigenvalue weighted by molar-refractivity contribution is 6.26. The lowest BCUT2D eigenvalue weighted by Crippen LogP contribution is -2.51. The fourth-order valence-electron chi connectivity index (χ4n) is 3.22. The van der Waals surface area contributed by atoms with Crippen molar-refractivity contribution in [3.05, 3.63) is 91.5 Å². The van der Waals surface area contributed by atoms with E-state index < -0.39 is 38.9 Å². The molecular weight excluding hydrogens is 396 g/mol. The van der Waals surface area contributed by atoms with Gasteiger partial charge in [-0.3, -0.25) is 40.0 Å². The van der Waals surface area contributed by atoms with Gasteiger partial charge in [-0.15, -0.1) is 0 Å². The first-order valence-electron chi connectivity index (χ1n) is 8.43. The lowest BCUT2D eigenvalue weighted by atomic mass is 9.93. The standard InChI is InChI=1S/C19H10N4O7/c24-17(10-4-2-1-3-5-10)20-21-18(25)14-8-12(22(27)28)6-11-7-13(23(29)30)9-15(16(11)14)19(21)26/h1-9H,(H,20,24). The number of carbonyl (C=O) groups excluding carboxylic acids is 3. The van der Waals surface area contributed by atoms with E-state index in [4.69, 9.17) is 0 Å². The number of rotatable bonds is 4. The van der Waals surface area contributed by atoms with E-state index in [0.29, 0.717) is 5.01 Å². The smallest absolute Gasteiger partial charge is 0.267 e. The Morgan fingerprint density at radius 2 is 1.33 bits per heavy atom. The molecule has 1 aliphatic heterocycles. The van der Waals surface area contributed by atoms with Crippen LogP contribution in [0, 0.1) is 20.2 Å². The Hall–Kier alpha value is -4.67. The molecule has 1 heterocycles. The Kier molecular flexibility index (Phi) is 4.20. The Labute approximate surface area is 166 Å². The normalized spacial score (nSPS) is 12.7. The van der Waals surface area contributed by atoms with Gasteiger partial charge >= 0.3 is 0 Å². The molecule has 3 aromatic rings. The first-order valence-corrected chi connectivity index (χ1v) is 8.43. The van der Waals surface area contributed by atoms with Crippen molar-refractivity contribution in [3.8, 4) is 0 Å². The van der Waals surface area contributed by atoms with Crippen molar-refractivity contribution in [2.75, 3.05) is 0 Å². The Bertz CT molecular complexity index is 1220. The zero-order valence-electron chi connectivity index (χ0n) is 14.9. The van der Waals surface area contributed by atoms with Gasteiger partial charge in [0, 0.05) is 35.2 Å². The molecule has 4 rings (SSSR count). The van der Waals surface area contributed by atoms with E-state index >= 15 is 0 Å². The highest BCUT2D eigenvalue weighted by atomic mass is 16.6. The minimum Gasteiger partial charge on any atom is -0.267 e. The number of nitro benzene ring substituents is 2. The summed E-state index contributed by atoms with van der Waals surface area (Å²) in [6.45, 7) is 0. The third kappa shape index (κ3) is 2.90. The van der Waals surface area contributed by atoms with Gasteiger partial charge in [0.2, 0.25) is 0 Å². The number of carbonyl (C=O) groups is 3. The molecule has 0 spiro atoms. The zero-order valence-corrected chi connectivity index (χ0v) is 14.9. The molecule has 0 radical (unpaired) electrons. The van der Waals surface area contributed by atoms with Gasteiger partial charge in [-0.25, -0.2) is 0 Å². The van der Waals surface area contributed by atoms with Gasteiger partial charge in [0.15, 0.2) is 0 Å². The van der Waals surface area contributed by atoms with Crippen molar-refractivity contribution in [1.82, 2.24) is 10.4 Å². The van der Waals surface area contributed by atoms with Crippen molar-refractivity contribution in [3.63, 3.8) is 0 Å². The summed E-state index contributed by atoms with van der Waals surface area (Å²) in [5.41, 5.74) is 0.911. The van der Waals surface area contributed by atoms with Gasteiger partial charge in [-0.2, -0.15) is 5.01 Å². The summed E-state index contributed by atoms with van der Waals surface area (Å²) in [4.78, 5) is 59.3. The van der Waals surface area contributed by atoms with Gasteiger partial charge in [0.1, 0.15) is 0 Å². The van der Waals surface area contributed by atoms with Crippen molar-refractivity contribution in [2.45, 2.75) is 0 Å². The molecule has 11 nitrogen and oxygen atoms in total. The van der Waals surface area contributed by atoms with Gasteiger partial charge in [-0.05, 0) is 17.5 Å². The third-order valence-corrected chi connectivity index (χ3v) is 4.56. The maximum absolute atomic E-state index is 12.9. The summed E-state index contributed by atoms with van der Waals surface area (Å²) >= 11 is 0. The van der Waals surface area contributed by atoms with Crippen LogP contribution in [0.25, 0.3) is 10.8 Å². The summed E-state index contributed by atoms with van der Waals surface area (Å²) in [6, 6.07) is 11.8. The number of amides is 3. The summed E-state index contributed by atoms with van der Waals surface area (Å²) in [5, 5.41) is 23.0. The summed E-state index contributed by atoms with van der Waals surface area (Å²) in [5.74, 6) is -2.74. The molecule has 3 aromatic carbocycles. The van der Waals surface area contributed by atoms with Crippen molar-refractivity contribution >= 4 is 39.9 Å². The van der Waals surface area contributed by atoms with Crippen LogP contribution in [0.15, 0.2) is 54.6 Å². The molecule has 0 aliphatic carbocycles. The lowest BCUT2D eigenvalue weighted by Gasteiger charge is -2.27. The lowest BCUT2D eigenvalue weighted by molar-refractivity contribution is -0.385. The first-order chi connectivity index (χ1) is 14.3. The first kappa shape index (κ1) is 18.7. The molecule has 0 atom stereocenters. The number of hydrogen-bond acceptors (Lipinski definition) is 7. The molecule has 0 saturated carbocycles. The number of imide groups is 1. The molecule has 0 unspecified atom stereocenters. The molecule has 0 bridgehead atoms. The SMILES string of the molecule is O=C(NN1C(=O)c2cc([N+](=O)[O-])cc3cc([N+](=O)[O-])cc(c23)C1=O)c1ccccc1. The molecule has 0 aromatic heterocycles. The number of non-ortho nitro benzene ring substituents is 2. The van der Waals surface area contributed by atoms with Crippen LogP contribution in [-0.2, 0) is 0 Å². The molecule has 1 aliphatic rings. The molecule has 30 heavy (non-hydrogen) atoms. The third-order valence-electron chi connectivity index (χ3n) is 4.56. The summed E-state index contributed by atoms with van der Waals surface area (Å²) < 4.78 is 0. The largest absolute Gasteiger partial charge is 0.280 e. The quantitative estimate of drug-likeness (QED) is 0.397. The maximum atomic E-state index is 12.9. The Balaban J connectivity index is 1.89. The van der Waals surface area contributed by atoms with E-state index in [1.54, 1.807) is 18.2 Å². The molecule has 0 fully saturated rings. The number of nitrogens with zero attached hydrogens (tertiary/aromatic N) is 3. The predicted octanol–water partition coefficient (Wildman–Crippen LogP) is 2.60. The number of hydrogen-bond donors (Lipinski definition) is 1. The highest BCUT2D eigenvalue weighted by Crippen LogP contribution is 2.35. The van der Waals surface area contributed by atoms with Crippen LogP contribution < -0.4 is 5.43 Å². The van der Waals surface area contributed by atoms with Crippen molar-refractivity contribution in [1.29, 1.82) is 0 Å². The molecule has 3 amide bonds. The Morgan fingerprint density at radius 3 is 1.80 bits per heavy atom. The molecule has 148 valence electrons. The van der Waals surface area contributed by atoms with Crippen LogP contribution in [0.3, 0.4) is 0 Å².